The van der Waals surface area contributed by atoms with E-state index in [1.54, 1.807) is 0 Å². The van der Waals surface area contributed by atoms with Crippen LogP contribution in [-0.4, -0.2) is 5.78 Å². The van der Waals surface area contributed by atoms with E-state index in [1.807, 2.05) is 12.1 Å². The summed E-state index contributed by atoms with van der Waals surface area (Å²) >= 11 is 0. The molecule has 0 saturated carbocycles. The van der Waals surface area contributed by atoms with Crippen LogP contribution in [0.4, 0.5) is 5.69 Å². The van der Waals surface area contributed by atoms with Crippen molar-refractivity contribution < 1.29 is 9.21 Å². The minimum absolute atomic E-state index is 0.0697. The number of benzene rings is 3. The number of rotatable bonds is 2. The third kappa shape index (κ3) is 3.30. The monoisotopic (exact) mass is 447 g/mol. The van der Waals surface area contributed by atoms with Gasteiger partial charge in [-0.05, 0) is 77.4 Å². The fraction of sp³-hybridized carbons (Fsp3) is 0.258. The molecule has 1 atom stereocenters. The highest BCUT2D eigenvalue weighted by Crippen LogP contribution is 2.52. The Morgan fingerprint density at radius 2 is 1.74 bits per heavy atom. The quantitative estimate of drug-likeness (QED) is 0.338. The van der Waals surface area contributed by atoms with Crippen molar-refractivity contribution in [1.82, 2.24) is 0 Å². The average Bonchev–Trinajstić information content (AvgIpc) is 3.29. The van der Waals surface area contributed by atoms with Crippen molar-refractivity contribution in [2.24, 2.45) is 5.41 Å². The number of anilines is 1. The van der Waals surface area contributed by atoms with E-state index in [0.29, 0.717) is 6.42 Å². The molecule has 0 fully saturated rings. The highest BCUT2D eigenvalue weighted by Gasteiger charge is 2.41. The largest absolute Gasteiger partial charge is 0.459 e. The van der Waals surface area contributed by atoms with Gasteiger partial charge in [0.1, 0.15) is 17.6 Å². The minimum atomic E-state index is -0.285. The lowest BCUT2D eigenvalue weighted by atomic mass is 9.68. The van der Waals surface area contributed by atoms with Crippen molar-refractivity contribution in [2.75, 3.05) is 5.32 Å². The highest BCUT2D eigenvalue weighted by molar-refractivity contribution is 6.12. The Kier molecular flexibility index (Phi) is 4.60. The van der Waals surface area contributed by atoms with Crippen LogP contribution < -0.4 is 5.32 Å². The molecule has 34 heavy (non-hydrogen) atoms. The Morgan fingerprint density at radius 3 is 2.56 bits per heavy atom. The summed E-state index contributed by atoms with van der Waals surface area (Å²) in [6, 6.07) is 22.9. The summed E-state index contributed by atoms with van der Waals surface area (Å²) in [7, 11) is 0. The molecule has 1 aromatic heterocycles. The molecule has 170 valence electrons. The van der Waals surface area contributed by atoms with Gasteiger partial charge in [0.25, 0.3) is 0 Å². The molecule has 2 aliphatic rings. The molecule has 0 bridgehead atoms. The first-order valence-corrected chi connectivity index (χ1v) is 12.0. The van der Waals surface area contributed by atoms with Crippen LogP contribution in [0.15, 0.2) is 76.7 Å². The fourth-order valence-electron chi connectivity index (χ4n) is 5.61. The Bertz CT molecular complexity index is 1500. The second kappa shape index (κ2) is 7.46. The number of allylic oxidation sites excluding steroid dienone is 1. The van der Waals surface area contributed by atoms with Gasteiger partial charge in [0, 0.05) is 28.8 Å². The van der Waals surface area contributed by atoms with Crippen LogP contribution in [-0.2, 0) is 4.79 Å². The van der Waals surface area contributed by atoms with Crippen molar-refractivity contribution in [3.63, 3.8) is 0 Å². The minimum Gasteiger partial charge on any atom is -0.459 e. The number of fused-ring (bicyclic) bond motifs is 4. The lowest BCUT2D eigenvalue weighted by molar-refractivity contribution is -0.118. The fourth-order valence-corrected chi connectivity index (χ4v) is 5.61. The first kappa shape index (κ1) is 21.0. The van der Waals surface area contributed by atoms with E-state index in [-0.39, 0.29) is 17.2 Å². The second-order valence-electron chi connectivity index (χ2n) is 10.6. The van der Waals surface area contributed by atoms with Gasteiger partial charge in [0.05, 0.1) is 0 Å². The van der Waals surface area contributed by atoms with Crippen LogP contribution in [0.1, 0.15) is 55.2 Å². The third-order valence-electron chi connectivity index (χ3n) is 7.44. The van der Waals surface area contributed by atoms with E-state index >= 15 is 0 Å². The van der Waals surface area contributed by atoms with Gasteiger partial charge in [-0.15, -0.1) is 0 Å². The topological polar surface area (TPSA) is 42.2 Å². The molecule has 4 aromatic rings. The van der Waals surface area contributed by atoms with Gasteiger partial charge in [-0.1, -0.05) is 56.3 Å². The molecule has 0 radical (unpaired) electrons. The number of furan rings is 1. The maximum atomic E-state index is 13.6. The molecule has 0 amide bonds. The second-order valence-corrected chi connectivity index (χ2v) is 10.6. The summed E-state index contributed by atoms with van der Waals surface area (Å²) in [6.07, 6.45) is 1.42. The lowest BCUT2D eigenvalue weighted by Crippen LogP contribution is -2.33. The maximum Gasteiger partial charge on any atom is 0.162 e. The van der Waals surface area contributed by atoms with Crippen molar-refractivity contribution in [2.45, 2.75) is 46.6 Å². The van der Waals surface area contributed by atoms with Crippen LogP contribution in [0.2, 0.25) is 0 Å². The van der Waals surface area contributed by atoms with Gasteiger partial charge < -0.3 is 9.73 Å². The van der Waals surface area contributed by atoms with E-state index in [2.05, 4.69) is 87.6 Å². The maximum absolute atomic E-state index is 13.6. The zero-order valence-electron chi connectivity index (χ0n) is 20.2. The molecule has 1 N–H and O–H groups in total. The summed E-state index contributed by atoms with van der Waals surface area (Å²) in [5.74, 6) is 1.83. The summed E-state index contributed by atoms with van der Waals surface area (Å²) in [5.41, 5.74) is 7.76. The molecule has 3 nitrogen and oxygen atoms in total. The van der Waals surface area contributed by atoms with Gasteiger partial charge in [0.15, 0.2) is 5.78 Å². The number of ketones is 1. The molecular formula is C31H29NO2. The number of hydrogen-bond acceptors (Lipinski definition) is 3. The van der Waals surface area contributed by atoms with E-state index in [1.165, 1.54) is 33.0 Å². The number of carbonyl (C=O) groups is 1. The van der Waals surface area contributed by atoms with Crippen molar-refractivity contribution in [3.8, 4) is 11.3 Å². The SMILES string of the molecule is Cc1ccc(-c2ccc([C@@H]3Nc4ccc5ccccc5c4C4=C3C(=O)CC(C)(C)C4)o2)cc1C. The zero-order valence-corrected chi connectivity index (χ0v) is 20.2. The van der Waals surface area contributed by atoms with Crippen molar-refractivity contribution in [1.29, 1.82) is 0 Å². The number of nitrogens with one attached hydrogen (secondary N) is 1. The van der Waals surface area contributed by atoms with Gasteiger partial charge in [-0.3, -0.25) is 4.79 Å². The van der Waals surface area contributed by atoms with Gasteiger partial charge in [-0.2, -0.15) is 0 Å². The van der Waals surface area contributed by atoms with Crippen LogP contribution in [0.5, 0.6) is 0 Å². The Hall–Kier alpha value is -3.59. The first-order chi connectivity index (χ1) is 16.3. The molecule has 0 saturated heterocycles. The molecule has 3 heteroatoms. The van der Waals surface area contributed by atoms with Crippen LogP contribution >= 0.6 is 0 Å². The van der Waals surface area contributed by atoms with Gasteiger partial charge >= 0.3 is 0 Å². The summed E-state index contributed by atoms with van der Waals surface area (Å²) in [5, 5.41) is 6.06. The Morgan fingerprint density at radius 1 is 0.912 bits per heavy atom. The van der Waals surface area contributed by atoms with E-state index in [9.17, 15) is 4.79 Å². The standard InChI is InChI=1S/C31H29NO2/c1-18-9-10-21(15-19(18)2)26-13-14-27(34-26)30-29-23(16-31(3,4)17-25(29)33)28-22-8-6-5-7-20(22)11-12-24(28)32-30/h5-15,30,32H,16-17H2,1-4H3/t30-/m0/s1. The molecule has 2 heterocycles. The average molecular weight is 448 g/mol. The lowest BCUT2D eigenvalue weighted by Gasteiger charge is -2.39. The smallest absolute Gasteiger partial charge is 0.162 e. The number of Topliss-reactive ketones (excluding diaryl/α,β-unsaturated/α-hetero) is 1. The summed E-state index contributed by atoms with van der Waals surface area (Å²) in [4.78, 5) is 13.6. The molecule has 1 aliphatic heterocycles. The van der Waals surface area contributed by atoms with Gasteiger partial charge in [0.2, 0.25) is 0 Å². The van der Waals surface area contributed by atoms with Crippen molar-refractivity contribution >= 4 is 27.8 Å². The predicted molar refractivity (Wildman–Crippen MR) is 139 cm³/mol. The molecule has 0 spiro atoms. The Labute approximate surface area is 200 Å². The van der Waals surface area contributed by atoms with Crippen molar-refractivity contribution in [3.05, 3.63) is 94.8 Å². The number of aryl methyl sites for hydroxylation is 2. The highest BCUT2D eigenvalue weighted by atomic mass is 16.3. The van der Waals surface area contributed by atoms with Crippen LogP contribution in [0.25, 0.3) is 27.7 Å². The third-order valence-corrected chi connectivity index (χ3v) is 7.44. The first-order valence-electron chi connectivity index (χ1n) is 12.0. The molecular weight excluding hydrogens is 418 g/mol. The zero-order chi connectivity index (χ0) is 23.6. The Balaban J connectivity index is 1.52. The molecule has 3 aromatic carbocycles. The van der Waals surface area contributed by atoms with Gasteiger partial charge in [-0.25, -0.2) is 0 Å². The predicted octanol–water partition coefficient (Wildman–Crippen LogP) is 8.03. The summed E-state index contributed by atoms with van der Waals surface area (Å²) in [6.45, 7) is 8.62. The van der Waals surface area contributed by atoms with Crippen LogP contribution in [0, 0.1) is 19.3 Å². The molecule has 1 aliphatic carbocycles. The van der Waals surface area contributed by atoms with E-state index in [0.717, 1.165) is 34.8 Å². The number of carbonyl (C=O) groups excluding carboxylic acids is 1. The number of hydrogen-bond donors (Lipinski definition) is 1. The summed E-state index contributed by atoms with van der Waals surface area (Å²) < 4.78 is 6.41. The molecule has 0 unspecified atom stereocenters. The van der Waals surface area contributed by atoms with E-state index < -0.39 is 0 Å². The van der Waals surface area contributed by atoms with E-state index in [4.69, 9.17) is 4.42 Å². The van der Waals surface area contributed by atoms with Crippen LogP contribution in [0.3, 0.4) is 0 Å². The molecule has 6 rings (SSSR count). The normalized spacial score (nSPS) is 19.1.